The van der Waals surface area contributed by atoms with E-state index >= 15 is 0 Å². The Kier molecular flexibility index (Phi) is 4.89. The second-order valence-electron chi connectivity index (χ2n) is 5.73. The van der Waals surface area contributed by atoms with E-state index < -0.39 is 5.91 Å². The van der Waals surface area contributed by atoms with Gasteiger partial charge in [0.25, 0.3) is 5.91 Å². The molecule has 1 aromatic heterocycles. The topological polar surface area (TPSA) is 84.1 Å². The predicted molar refractivity (Wildman–Crippen MR) is 78.5 cm³/mol. The molecule has 0 aliphatic carbocycles. The number of nitrogens with zero attached hydrogens (tertiary/aromatic N) is 3. The maximum atomic E-state index is 10.9. The summed E-state index contributed by atoms with van der Waals surface area (Å²) in [5.41, 5.74) is 5.33. The van der Waals surface area contributed by atoms with Gasteiger partial charge >= 0.3 is 0 Å². The van der Waals surface area contributed by atoms with Gasteiger partial charge in [-0.15, -0.1) is 10.2 Å². The van der Waals surface area contributed by atoms with Gasteiger partial charge < -0.3 is 11.1 Å². The summed E-state index contributed by atoms with van der Waals surface area (Å²) >= 11 is 0. The second kappa shape index (κ2) is 6.65. The molecule has 0 radical (unpaired) electrons. The van der Waals surface area contributed by atoms with Crippen molar-refractivity contribution in [1.29, 1.82) is 0 Å². The van der Waals surface area contributed by atoms with E-state index in [1.807, 2.05) is 0 Å². The van der Waals surface area contributed by atoms with Gasteiger partial charge in [0.05, 0.1) is 0 Å². The van der Waals surface area contributed by atoms with E-state index in [2.05, 4.69) is 34.3 Å². The fourth-order valence-corrected chi connectivity index (χ4v) is 2.62. The number of hydrogen-bond acceptors (Lipinski definition) is 5. The van der Waals surface area contributed by atoms with Crippen molar-refractivity contribution in [1.82, 2.24) is 15.1 Å². The van der Waals surface area contributed by atoms with Gasteiger partial charge in [-0.05, 0) is 37.4 Å². The second-order valence-corrected chi connectivity index (χ2v) is 5.73. The normalized spacial score (nSPS) is 19.4. The third kappa shape index (κ3) is 3.90. The van der Waals surface area contributed by atoms with Crippen molar-refractivity contribution >= 4 is 11.7 Å². The first kappa shape index (κ1) is 14.7. The number of hydrogen-bond donors (Lipinski definition) is 2. The van der Waals surface area contributed by atoms with E-state index in [9.17, 15) is 4.79 Å². The highest BCUT2D eigenvalue weighted by molar-refractivity contribution is 5.90. The van der Waals surface area contributed by atoms with Crippen LogP contribution in [0.2, 0.25) is 0 Å². The zero-order valence-corrected chi connectivity index (χ0v) is 12.2. The van der Waals surface area contributed by atoms with Crippen molar-refractivity contribution < 1.29 is 4.79 Å². The first-order valence-electron chi connectivity index (χ1n) is 7.17. The van der Waals surface area contributed by atoms with Crippen LogP contribution in [0.5, 0.6) is 0 Å². The molecule has 0 saturated carbocycles. The molecule has 1 atom stereocenters. The Balaban J connectivity index is 1.86. The van der Waals surface area contributed by atoms with Gasteiger partial charge in [-0.3, -0.25) is 9.69 Å². The zero-order valence-electron chi connectivity index (χ0n) is 12.2. The van der Waals surface area contributed by atoms with E-state index in [0.717, 1.165) is 13.1 Å². The van der Waals surface area contributed by atoms with Crippen LogP contribution >= 0.6 is 0 Å². The molecule has 1 aliphatic rings. The highest BCUT2D eigenvalue weighted by Crippen LogP contribution is 2.19. The van der Waals surface area contributed by atoms with Crippen LogP contribution in [0, 0.1) is 5.92 Å². The molecule has 1 aromatic rings. The molecule has 6 nitrogen and oxygen atoms in total. The molecule has 1 amide bonds. The lowest BCUT2D eigenvalue weighted by molar-refractivity contribution is 0.0994. The Morgan fingerprint density at radius 2 is 2.30 bits per heavy atom. The van der Waals surface area contributed by atoms with Crippen LogP contribution in [-0.2, 0) is 0 Å². The minimum atomic E-state index is -0.553. The minimum Gasteiger partial charge on any atom is -0.367 e. The van der Waals surface area contributed by atoms with Gasteiger partial charge in [0.2, 0.25) is 0 Å². The van der Waals surface area contributed by atoms with Crippen LogP contribution in [0.3, 0.4) is 0 Å². The Labute approximate surface area is 119 Å². The predicted octanol–water partition coefficient (Wildman–Crippen LogP) is 1.11. The standard InChI is InChI=1S/C14H23N5O/c1-10(2)9-19-7-3-4-11(19)8-16-13-6-5-12(14(15)20)17-18-13/h5-6,10-11H,3-4,7-9H2,1-2H3,(H2,15,20)(H,16,18)/t11-/m1/s1. The zero-order chi connectivity index (χ0) is 14.5. The van der Waals surface area contributed by atoms with E-state index in [-0.39, 0.29) is 5.69 Å². The van der Waals surface area contributed by atoms with Crippen molar-refractivity contribution in [3.63, 3.8) is 0 Å². The molecular formula is C14H23N5O. The van der Waals surface area contributed by atoms with Gasteiger partial charge in [-0.2, -0.15) is 0 Å². The smallest absolute Gasteiger partial charge is 0.269 e. The molecule has 0 spiro atoms. The highest BCUT2D eigenvalue weighted by atomic mass is 16.1. The van der Waals surface area contributed by atoms with E-state index in [0.29, 0.717) is 17.8 Å². The summed E-state index contributed by atoms with van der Waals surface area (Å²) in [4.78, 5) is 13.4. The van der Waals surface area contributed by atoms with Gasteiger partial charge in [0, 0.05) is 19.1 Å². The van der Waals surface area contributed by atoms with Crippen molar-refractivity contribution in [2.45, 2.75) is 32.7 Å². The summed E-state index contributed by atoms with van der Waals surface area (Å²) in [6.07, 6.45) is 2.47. The average molecular weight is 277 g/mol. The fourth-order valence-electron chi connectivity index (χ4n) is 2.62. The lowest BCUT2D eigenvalue weighted by Crippen LogP contribution is -2.37. The summed E-state index contributed by atoms with van der Waals surface area (Å²) in [6.45, 7) is 7.67. The Bertz CT molecular complexity index is 445. The van der Waals surface area contributed by atoms with Crippen LogP contribution in [-0.4, -0.2) is 46.7 Å². The van der Waals surface area contributed by atoms with E-state index in [1.54, 1.807) is 12.1 Å². The fraction of sp³-hybridized carbons (Fsp3) is 0.643. The lowest BCUT2D eigenvalue weighted by atomic mass is 10.1. The van der Waals surface area contributed by atoms with E-state index in [4.69, 9.17) is 5.73 Å². The summed E-state index contributed by atoms with van der Waals surface area (Å²) in [6, 6.07) is 3.89. The molecule has 1 saturated heterocycles. The Hall–Kier alpha value is -1.69. The molecule has 0 unspecified atom stereocenters. The number of primary amides is 1. The molecule has 2 heterocycles. The van der Waals surface area contributed by atoms with Crippen LogP contribution in [0.4, 0.5) is 5.82 Å². The number of rotatable bonds is 6. The van der Waals surface area contributed by atoms with E-state index in [1.165, 1.54) is 19.4 Å². The minimum absolute atomic E-state index is 0.192. The van der Waals surface area contributed by atoms with Crippen LogP contribution in [0.25, 0.3) is 0 Å². The van der Waals surface area contributed by atoms with Crippen LogP contribution < -0.4 is 11.1 Å². The Morgan fingerprint density at radius 3 is 2.90 bits per heavy atom. The molecule has 1 fully saturated rings. The molecule has 20 heavy (non-hydrogen) atoms. The van der Waals surface area contributed by atoms with Crippen LogP contribution in [0.15, 0.2) is 12.1 Å². The first-order chi connectivity index (χ1) is 9.56. The number of nitrogens with two attached hydrogens (primary N) is 1. The number of nitrogens with one attached hydrogen (secondary N) is 1. The van der Waals surface area contributed by atoms with Gasteiger partial charge in [-0.25, -0.2) is 0 Å². The largest absolute Gasteiger partial charge is 0.367 e. The number of likely N-dealkylation sites (tertiary alicyclic amines) is 1. The first-order valence-corrected chi connectivity index (χ1v) is 7.17. The maximum absolute atomic E-state index is 10.9. The number of amides is 1. The number of carbonyl (C=O) groups is 1. The molecular weight excluding hydrogens is 254 g/mol. The van der Waals surface area contributed by atoms with Gasteiger partial charge in [-0.1, -0.05) is 13.8 Å². The van der Waals surface area contributed by atoms with Crippen LogP contribution in [0.1, 0.15) is 37.2 Å². The summed E-state index contributed by atoms with van der Waals surface area (Å²) < 4.78 is 0. The molecule has 0 aromatic carbocycles. The Morgan fingerprint density at radius 1 is 1.50 bits per heavy atom. The number of aromatic nitrogens is 2. The summed E-state index contributed by atoms with van der Waals surface area (Å²) in [5.74, 6) is 0.819. The quantitative estimate of drug-likeness (QED) is 0.813. The third-order valence-corrected chi connectivity index (χ3v) is 3.53. The maximum Gasteiger partial charge on any atom is 0.269 e. The van der Waals surface area contributed by atoms with Gasteiger partial charge in [0.1, 0.15) is 5.82 Å². The lowest BCUT2D eigenvalue weighted by Gasteiger charge is -2.26. The van der Waals surface area contributed by atoms with Crippen molar-refractivity contribution in [3.05, 3.63) is 17.8 Å². The molecule has 6 heteroatoms. The number of carbonyl (C=O) groups excluding carboxylic acids is 1. The molecule has 3 N–H and O–H groups in total. The third-order valence-electron chi connectivity index (χ3n) is 3.53. The molecule has 110 valence electrons. The molecule has 2 rings (SSSR count). The van der Waals surface area contributed by atoms with Crippen molar-refractivity contribution in [3.8, 4) is 0 Å². The number of anilines is 1. The SMILES string of the molecule is CC(C)CN1CCC[C@@H]1CNc1ccc(C(N)=O)nn1. The van der Waals surface area contributed by atoms with Crippen molar-refractivity contribution in [2.24, 2.45) is 11.7 Å². The van der Waals surface area contributed by atoms with Gasteiger partial charge in [0.15, 0.2) is 5.69 Å². The summed E-state index contributed by atoms with van der Waals surface area (Å²) in [5, 5.41) is 11.0. The highest BCUT2D eigenvalue weighted by Gasteiger charge is 2.24. The monoisotopic (exact) mass is 277 g/mol. The molecule has 0 bridgehead atoms. The molecule has 1 aliphatic heterocycles. The summed E-state index contributed by atoms with van der Waals surface area (Å²) in [7, 11) is 0. The van der Waals surface area contributed by atoms with Crippen molar-refractivity contribution in [2.75, 3.05) is 25.0 Å². The average Bonchev–Trinajstić information content (AvgIpc) is 2.83.